The average molecular weight is 455 g/mol. The first kappa shape index (κ1) is 22.0. The van der Waals surface area contributed by atoms with Gasteiger partial charge in [0.25, 0.3) is 11.1 Å². The molecule has 2 heterocycles. The maximum Gasteiger partial charge on any atom is 0.293 e. The Labute approximate surface area is 193 Å². The molecule has 0 radical (unpaired) electrons. The van der Waals surface area contributed by atoms with E-state index in [9.17, 15) is 9.59 Å². The molecule has 4 rings (SSSR count). The number of anilines is 1. The molecule has 1 saturated heterocycles. The standard InChI is InChI=1S/C25H27ClN2O2S/c1-15-6-8-17(9-7-15)14-28-23(29)22(31-24(28)30)11-18-10-19-16(2)13-25(3,4)27(5)21(19)12-20(18)26/h6-12,16H,13-14H2,1-5H3/b22-11-/t16-/m1/s1. The van der Waals surface area contributed by atoms with E-state index in [4.69, 9.17) is 11.6 Å². The summed E-state index contributed by atoms with van der Waals surface area (Å²) in [5, 5.41) is 0.335. The molecular weight excluding hydrogens is 428 g/mol. The number of imide groups is 1. The van der Waals surface area contributed by atoms with E-state index in [0.29, 0.717) is 15.8 Å². The molecule has 0 aliphatic carbocycles. The second-order valence-electron chi connectivity index (χ2n) is 9.16. The molecule has 2 aromatic carbocycles. The van der Waals surface area contributed by atoms with Crippen molar-refractivity contribution in [1.29, 1.82) is 0 Å². The lowest BCUT2D eigenvalue weighted by molar-refractivity contribution is -0.123. The maximum atomic E-state index is 13.0. The first-order valence-electron chi connectivity index (χ1n) is 10.4. The number of nitrogens with zero attached hydrogens (tertiary/aromatic N) is 2. The van der Waals surface area contributed by atoms with Crippen molar-refractivity contribution in [2.24, 2.45) is 0 Å². The molecule has 6 heteroatoms. The van der Waals surface area contributed by atoms with Gasteiger partial charge in [-0.15, -0.1) is 0 Å². The second-order valence-corrected chi connectivity index (χ2v) is 10.6. The third-order valence-corrected chi connectivity index (χ3v) is 7.61. The molecule has 2 amide bonds. The van der Waals surface area contributed by atoms with E-state index in [2.05, 4.69) is 38.8 Å². The predicted octanol–water partition coefficient (Wildman–Crippen LogP) is 6.61. The Balaban J connectivity index is 1.63. The zero-order chi connectivity index (χ0) is 22.5. The van der Waals surface area contributed by atoms with Crippen molar-refractivity contribution in [2.45, 2.75) is 52.1 Å². The molecule has 2 aromatic rings. The summed E-state index contributed by atoms with van der Waals surface area (Å²) < 4.78 is 0. The Morgan fingerprint density at radius 1 is 1.19 bits per heavy atom. The molecule has 2 aliphatic heterocycles. The van der Waals surface area contributed by atoms with E-state index in [1.54, 1.807) is 6.08 Å². The lowest BCUT2D eigenvalue weighted by Gasteiger charge is -2.45. The van der Waals surface area contributed by atoms with Crippen LogP contribution in [0.15, 0.2) is 41.3 Å². The van der Waals surface area contributed by atoms with E-state index >= 15 is 0 Å². The van der Waals surface area contributed by atoms with Gasteiger partial charge in [0.15, 0.2) is 0 Å². The van der Waals surface area contributed by atoms with Gasteiger partial charge in [-0.1, -0.05) is 48.4 Å². The van der Waals surface area contributed by atoms with E-state index < -0.39 is 0 Å². The number of carbonyl (C=O) groups excluding carboxylic acids is 2. The number of hydrogen-bond acceptors (Lipinski definition) is 4. The van der Waals surface area contributed by atoms with Gasteiger partial charge in [0.1, 0.15) is 0 Å². The lowest BCUT2D eigenvalue weighted by atomic mass is 9.80. The summed E-state index contributed by atoms with van der Waals surface area (Å²) in [6.45, 7) is 8.98. The zero-order valence-electron chi connectivity index (χ0n) is 18.5. The normalized spacial score (nSPS) is 21.7. The summed E-state index contributed by atoms with van der Waals surface area (Å²) in [7, 11) is 2.09. The smallest absolute Gasteiger partial charge is 0.293 e. The van der Waals surface area contributed by atoms with Gasteiger partial charge < -0.3 is 4.90 Å². The summed E-state index contributed by atoms with van der Waals surface area (Å²) >= 11 is 7.60. The molecule has 4 nitrogen and oxygen atoms in total. The van der Waals surface area contributed by atoms with Gasteiger partial charge in [-0.05, 0) is 79.8 Å². The van der Waals surface area contributed by atoms with Crippen LogP contribution in [0.5, 0.6) is 0 Å². The molecule has 162 valence electrons. The van der Waals surface area contributed by atoms with Crippen LogP contribution in [-0.4, -0.2) is 28.6 Å². The number of benzene rings is 2. The van der Waals surface area contributed by atoms with Crippen molar-refractivity contribution >= 4 is 46.3 Å². The number of aryl methyl sites for hydroxylation is 1. The van der Waals surface area contributed by atoms with Gasteiger partial charge in [0, 0.05) is 23.3 Å². The Morgan fingerprint density at radius 3 is 2.55 bits per heavy atom. The number of rotatable bonds is 3. The van der Waals surface area contributed by atoms with Gasteiger partial charge in [-0.2, -0.15) is 0 Å². The van der Waals surface area contributed by atoms with E-state index in [1.807, 2.05) is 37.3 Å². The van der Waals surface area contributed by atoms with Crippen LogP contribution in [0, 0.1) is 6.92 Å². The Morgan fingerprint density at radius 2 is 1.87 bits per heavy atom. The molecule has 0 spiro atoms. The van der Waals surface area contributed by atoms with Crippen molar-refractivity contribution in [3.63, 3.8) is 0 Å². The van der Waals surface area contributed by atoms with Crippen molar-refractivity contribution in [1.82, 2.24) is 4.90 Å². The molecule has 0 aromatic heterocycles. The third-order valence-electron chi connectivity index (χ3n) is 6.37. The lowest BCUT2D eigenvalue weighted by Crippen LogP contribution is -2.45. The highest BCUT2D eigenvalue weighted by Gasteiger charge is 2.37. The van der Waals surface area contributed by atoms with Crippen LogP contribution >= 0.6 is 23.4 Å². The van der Waals surface area contributed by atoms with Crippen molar-refractivity contribution in [3.05, 3.63) is 68.6 Å². The fourth-order valence-corrected chi connectivity index (χ4v) is 5.41. The largest absolute Gasteiger partial charge is 0.369 e. The summed E-state index contributed by atoms with van der Waals surface area (Å²) in [5.41, 5.74) is 5.25. The highest BCUT2D eigenvalue weighted by Crippen LogP contribution is 2.45. The summed E-state index contributed by atoms with van der Waals surface area (Å²) in [6.07, 6.45) is 2.79. The number of fused-ring (bicyclic) bond motifs is 1. The predicted molar refractivity (Wildman–Crippen MR) is 130 cm³/mol. The molecule has 0 N–H and O–H groups in total. The average Bonchev–Trinajstić information content (AvgIpc) is 2.96. The quantitative estimate of drug-likeness (QED) is 0.489. The number of carbonyl (C=O) groups is 2. The van der Waals surface area contributed by atoms with Crippen LogP contribution in [0.2, 0.25) is 5.02 Å². The van der Waals surface area contributed by atoms with Crippen molar-refractivity contribution in [3.8, 4) is 0 Å². The van der Waals surface area contributed by atoms with Gasteiger partial charge in [0.2, 0.25) is 0 Å². The SMILES string of the molecule is Cc1ccc(CN2C(=O)S/C(=C\c3cc4c(cc3Cl)N(C)C(C)(C)C[C@H]4C)C2=O)cc1. The fraction of sp³-hybridized carbons (Fsp3) is 0.360. The molecule has 0 unspecified atom stereocenters. The molecular formula is C25H27ClN2O2S. The van der Waals surface area contributed by atoms with Crippen LogP contribution < -0.4 is 4.90 Å². The summed E-state index contributed by atoms with van der Waals surface area (Å²) in [4.78, 5) is 29.5. The molecule has 1 fully saturated rings. The Hall–Kier alpha value is -2.24. The molecule has 1 atom stereocenters. The minimum atomic E-state index is -0.268. The number of hydrogen-bond donors (Lipinski definition) is 0. The number of thioether (sulfide) groups is 1. The van der Waals surface area contributed by atoms with E-state index in [1.165, 1.54) is 10.5 Å². The van der Waals surface area contributed by atoms with E-state index in [-0.39, 0.29) is 23.2 Å². The number of amides is 2. The monoisotopic (exact) mass is 454 g/mol. The zero-order valence-corrected chi connectivity index (χ0v) is 20.1. The van der Waals surface area contributed by atoms with Gasteiger partial charge >= 0.3 is 0 Å². The molecule has 0 saturated carbocycles. The number of halogens is 1. The second kappa shape index (κ2) is 8.03. The highest BCUT2D eigenvalue weighted by atomic mass is 35.5. The maximum absolute atomic E-state index is 13.0. The molecule has 31 heavy (non-hydrogen) atoms. The minimum Gasteiger partial charge on any atom is -0.369 e. The van der Waals surface area contributed by atoms with Crippen LogP contribution in [-0.2, 0) is 11.3 Å². The van der Waals surface area contributed by atoms with Crippen LogP contribution in [0.25, 0.3) is 6.08 Å². The fourth-order valence-electron chi connectivity index (χ4n) is 4.37. The van der Waals surface area contributed by atoms with Gasteiger partial charge in [0.05, 0.1) is 11.4 Å². The summed E-state index contributed by atoms with van der Waals surface area (Å²) in [5.74, 6) is 0.109. The van der Waals surface area contributed by atoms with Crippen molar-refractivity contribution in [2.75, 3.05) is 11.9 Å². The Kier molecular flexibility index (Phi) is 5.69. The van der Waals surface area contributed by atoms with E-state index in [0.717, 1.165) is 40.6 Å². The molecule has 2 aliphatic rings. The van der Waals surface area contributed by atoms with Gasteiger partial charge in [-0.3, -0.25) is 14.5 Å². The summed E-state index contributed by atoms with van der Waals surface area (Å²) in [6, 6.07) is 11.9. The van der Waals surface area contributed by atoms with Crippen LogP contribution in [0.1, 0.15) is 55.4 Å². The minimum absolute atomic E-state index is 0.0515. The van der Waals surface area contributed by atoms with Crippen LogP contribution in [0.4, 0.5) is 10.5 Å². The van der Waals surface area contributed by atoms with Crippen LogP contribution in [0.3, 0.4) is 0 Å². The Bertz CT molecular complexity index is 1090. The van der Waals surface area contributed by atoms with Gasteiger partial charge in [-0.25, -0.2) is 0 Å². The topological polar surface area (TPSA) is 40.6 Å². The first-order valence-corrected chi connectivity index (χ1v) is 11.6. The van der Waals surface area contributed by atoms with Crippen molar-refractivity contribution < 1.29 is 9.59 Å². The highest BCUT2D eigenvalue weighted by molar-refractivity contribution is 8.18. The third kappa shape index (κ3) is 4.13. The first-order chi connectivity index (χ1) is 14.6. The molecule has 0 bridgehead atoms.